The van der Waals surface area contributed by atoms with Crippen molar-refractivity contribution < 1.29 is 17.9 Å². The van der Waals surface area contributed by atoms with Crippen molar-refractivity contribution in [3.63, 3.8) is 0 Å². The zero-order valence-electron chi connectivity index (χ0n) is 11.1. The number of sulfonamides is 1. The van der Waals surface area contributed by atoms with Crippen LogP contribution in [0, 0.1) is 6.92 Å². The molecule has 1 aromatic rings. The second-order valence-corrected chi connectivity index (χ2v) is 5.84. The number of methoxy groups -OCH3 is 1. The van der Waals surface area contributed by atoms with Gasteiger partial charge >= 0.3 is 0 Å². The maximum Gasteiger partial charge on any atom is 0.251 e. The Balaban J connectivity index is 2.96. The highest BCUT2D eigenvalue weighted by Gasteiger charge is 2.15. The summed E-state index contributed by atoms with van der Waals surface area (Å²) in [4.78, 5) is 11.9. The van der Waals surface area contributed by atoms with Crippen LogP contribution in [0.15, 0.2) is 23.1 Å². The lowest BCUT2D eigenvalue weighted by atomic mass is 10.1. The smallest absolute Gasteiger partial charge is 0.251 e. The van der Waals surface area contributed by atoms with Gasteiger partial charge in [0, 0.05) is 19.2 Å². The van der Waals surface area contributed by atoms with E-state index < -0.39 is 10.0 Å². The Morgan fingerprint density at radius 2 is 2.11 bits per heavy atom. The first-order valence-electron chi connectivity index (χ1n) is 5.70. The largest absolute Gasteiger partial charge is 0.380 e. The molecule has 0 saturated heterocycles. The summed E-state index contributed by atoms with van der Waals surface area (Å²) < 4.78 is 27.5. The minimum atomic E-state index is -3.82. The molecule has 1 aromatic carbocycles. The van der Waals surface area contributed by atoms with Gasteiger partial charge in [-0.15, -0.1) is 0 Å². The molecule has 0 radical (unpaired) electrons. The molecule has 6 nitrogen and oxygen atoms in total. The first-order valence-corrected chi connectivity index (χ1v) is 7.24. The summed E-state index contributed by atoms with van der Waals surface area (Å²) >= 11 is 0. The SMILES string of the molecule is COC(C)CNC(=O)c1cc(S(N)(=O)=O)ccc1C. The van der Waals surface area contributed by atoms with E-state index >= 15 is 0 Å². The predicted octanol–water partition coefficient (Wildman–Crippen LogP) is 0.407. The molecule has 1 unspecified atom stereocenters. The third-order valence-corrected chi connectivity index (χ3v) is 3.65. The van der Waals surface area contributed by atoms with E-state index in [1.165, 1.54) is 12.1 Å². The first kappa shape index (κ1) is 15.6. The van der Waals surface area contributed by atoms with Gasteiger partial charge in [-0.3, -0.25) is 4.79 Å². The van der Waals surface area contributed by atoms with E-state index in [0.717, 1.165) is 0 Å². The highest BCUT2D eigenvalue weighted by atomic mass is 32.2. The number of ether oxygens (including phenoxy) is 1. The zero-order chi connectivity index (χ0) is 14.6. The quantitative estimate of drug-likeness (QED) is 0.819. The van der Waals surface area contributed by atoms with Gasteiger partial charge in [0.2, 0.25) is 10.0 Å². The number of hydrogen-bond donors (Lipinski definition) is 2. The van der Waals surface area contributed by atoms with Crippen LogP contribution >= 0.6 is 0 Å². The Kier molecular flexibility index (Phi) is 5.04. The van der Waals surface area contributed by atoms with Gasteiger partial charge in [0.15, 0.2) is 0 Å². The molecule has 7 heteroatoms. The fourth-order valence-electron chi connectivity index (χ4n) is 1.44. The number of aryl methyl sites for hydroxylation is 1. The summed E-state index contributed by atoms with van der Waals surface area (Å²) in [6, 6.07) is 4.20. The van der Waals surface area contributed by atoms with E-state index in [2.05, 4.69) is 5.32 Å². The molecule has 0 aliphatic carbocycles. The molecule has 106 valence electrons. The highest BCUT2D eigenvalue weighted by molar-refractivity contribution is 7.89. The van der Waals surface area contributed by atoms with Gasteiger partial charge in [0.05, 0.1) is 11.0 Å². The number of primary sulfonamides is 1. The van der Waals surface area contributed by atoms with Crippen molar-refractivity contribution in [3.8, 4) is 0 Å². The van der Waals surface area contributed by atoms with Crippen molar-refractivity contribution in [3.05, 3.63) is 29.3 Å². The maximum atomic E-state index is 12.0. The number of nitrogens with two attached hydrogens (primary N) is 1. The Labute approximate surface area is 113 Å². The third-order valence-electron chi connectivity index (χ3n) is 2.73. The molecule has 0 aliphatic heterocycles. The van der Waals surface area contributed by atoms with Crippen molar-refractivity contribution in [2.75, 3.05) is 13.7 Å². The maximum absolute atomic E-state index is 12.0. The summed E-state index contributed by atoms with van der Waals surface area (Å²) in [5.41, 5.74) is 0.963. The number of benzene rings is 1. The summed E-state index contributed by atoms with van der Waals surface area (Å²) in [6.07, 6.45) is -0.120. The minimum absolute atomic E-state index is 0.0805. The van der Waals surface area contributed by atoms with E-state index in [4.69, 9.17) is 9.88 Å². The summed E-state index contributed by atoms with van der Waals surface area (Å²) in [6.45, 7) is 3.88. The van der Waals surface area contributed by atoms with Crippen LogP contribution in [0.5, 0.6) is 0 Å². The third kappa shape index (κ3) is 4.30. The molecule has 1 amide bonds. The van der Waals surface area contributed by atoms with Crippen LogP contribution in [0.3, 0.4) is 0 Å². The molecule has 1 rings (SSSR count). The van der Waals surface area contributed by atoms with Gasteiger partial charge in [-0.25, -0.2) is 13.6 Å². The Morgan fingerprint density at radius 1 is 1.47 bits per heavy atom. The van der Waals surface area contributed by atoms with Gasteiger partial charge in [-0.2, -0.15) is 0 Å². The lowest BCUT2D eigenvalue weighted by Crippen LogP contribution is -2.32. The molecule has 19 heavy (non-hydrogen) atoms. The Hall–Kier alpha value is -1.44. The van der Waals surface area contributed by atoms with E-state index in [-0.39, 0.29) is 22.5 Å². The van der Waals surface area contributed by atoms with E-state index in [0.29, 0.717) is 12.1 Å². The molecule has 0 saturated carbocycles. The van der Waals surface area contributed by atoms with Crippen molar-refractivity contribution in [2.24, 2.45) is 5.14 Å². The topological polar surface area (TPSA) is 98.5 Å². The lowest BCUT2D eigenvalue weighted by Gasteiger charge is -2.12. The molecule has 0 heterocycles. The minimum Gasteiger partial charge on any atom is -0.380 e. The second kappa shape index (κ2) is 6.14. The number of nitrogens with one attached hydrogen (secondary N) is 1. The summed E-state index contributed by atoms with van der Waals surface area (Å²) in [5.74, 6) is -0.355. The van der Waals surface area contributed by atoms with Crippen LogP contribution in [0.2, 0.25) is 0 Å². The molecule has 3 N–H and O–H groups in total. The van der Waals surface area contributed by atoms with Crippen molar-refractivity contribution in [1.82, 2.24) is 5.32 Å². The van der Waals surface area contributed by atoms with Crippen LogP contribution in [-0.2, 0) is 14.8 Å². The number of rotatable bonds is 5. The summed E-state index contributed by atoms with van der Waals surface area (Å²) in [5, 5.41) is 7.71. The molecular formula is C12H18N2O4S. The first-order chi connectivity index (χ1) is 8.75. The average Bonchev–Trinajstić information content (AvgIpc) is 2.34. The van der Waals surface area contributed by atoms with E-state index in [1.54, 1.807) is 20.1 Å². The molecule has 1 atom stereocenters. The van der Waals surface area contributed by atoms with Gasteiger partial charge in [0.1, 0.15) is 0 Å². The van der Waals surface area contributed by atoms with E-state index in [1.807, 2.05) is 6.92 Å². The van der Waals surface area contributed by atoms with Gasteiger partial charge in [-0.05, 0) is 31.5 Å². The Morgan fingerprint density at radius 3 is 2.63 bits per heavy atom. The molecular weight excluding hydrogens is 268 g/mol. The number of hydrogen-bond acceptors (Lipinski definition) is 4. The average molecular weight is 286 g/mol. The second-order valence-electron chi connectivity index (χ2n) is 4.28. The Bertz CT molecular complexity index is 569. The molecule has 0 bridgehead atoms. The lowest BCUT2D eigenvalue weighted by molar-refractivity contribution is 0.0869. The normalized spacial score (nSPS) is 13.1. The predicted molar refractivity (Wildman–Crippen MR) is 71.4 cm³/mol. The fourth-order valence-corrected chi connectivity index (χ4v) is 1.98. The van der Waals surface area contributed by atoms with Crippen LogP contribution in [-0.4, -0.2) is 34.1 Å². The van der Waals surface area contributed by atoms with Crippen LogP contribution in [0.4, 0.5) is 0 Å². The molecule has 0 spiro atoms. The van der Waals surface area contributed by atoms with Gasteiger partial charge in [-0.1, -0.05) is 6.07 Å². The van der Waals surface area contributed by atoms with Gasteiger partial charge < -0.3 is 10.1 Å². The molecule has 0 aliphatic rings. The number of carbonyl (C=O) groups excluding carboxylic acids is 1. The van der Waals surface area contributed by atoms with Crippen LogP contribution in [0.1, 0.15) is 22.8 Å². The monoisotopic (exact) mass is 286 g/mol. The highest BCUT2D eigenvalue weighted by Crippen LogP contribution is 2.14. The molecule has 0 aromatic heterocycles. The standard InChI is InChI=1S/C12H18N2O4S/c1-8-4-5-10(19(13,16)17)6-11(8)12(15)14-7-9(2)18-3/h4-6,9H,7H2,1-3H3,(H,14,15)(H2,13,16,17). The van der Waals surface area contributed by atoms with Crippen LogP contribution in [0.25, 0.3) is 0 Å². The van der Waals surface area contributed by atoms with Crippen molar-refractivity contribution in [1.29, 1.82) is 0 Å². The molecule has 0 fully saturated rings. The number of amides is 1. The fraction of sp³-hybridized carbons (Fsp3) is 0.417. The zero-order valence-corrected chi connectivity index (χ0v) is 12.0. The van der Waals surface area contributed by atoms with Crippen LogP contribution < -0.4 is 10.5 Å². The van der Waals surface area contributed by atoms with E-state index in [9.17, 15) is 13.2 Å². The van der Waals surface area contributed by atoms with Crippen molar-refractivity contribution >= 4 is 15.9 Å². The van der Waals surface area contributed by atoms with Gasteiger partial charge in [0.25, 0.3) is 5.91 Å². The van der Waals surface area contributed by atoms with Crippen molar-refractivity contribution in [2.45, 2.75) is 24.8 Å². The summed E-state index contributed by atoms with van der Waals surface area (Å²) in [7, 11) is -2.27. The number of carbonyl (C=O) groups is 1.